The van der Waals surface area contributed by atoms with E-state index in [2.05, 4.69) is 20.7 Å². The van der Waals surface area contributed by atoms with Gasteiger partial charge in [0.1, 0.15) is 18.8 Å². The predicted molar refractivity (Wildman–Crippen MR) is 104 cm³/mol. The summed E-state index contributed by atoms with van der Waals surface area (Å²) in [6, 6.07) is 3.56. The Kier molecular flexibility index (Phi) is 6.30. The van der Waals surface area contributed by atoms with Gasteiger partial charge in [-0.25, -0.2) is 4.99 Å². The third kappa shape index (κ3) is 4.90. The minimum atomic E-state index is -0.216. The number of hydrogen-bond donors (Lipinski definition) is 2. The standard InChI is InChI=1S/C18H25N7O3/c1-3-19-18(21-11-16(26)20-10-15-5-4-8-28-15)24-6-7-25(17(27)13-24)14-9-22-23(2)12-14/h4-5,8-9,12H,3,6-7,10-11,13H2,1-2H3,(H,19,21)(H,20,26). The Morgan fingerprint density at radius 1 is 1.36 bits per heavy atom. The molecular formula is C18H25N7O3. The summed E-state index contributed by atoms with van der Waals surface area (Å²) in [5, 5.41) is 10.0. The first-order valence-electron chi connectivity index (χ1n) is 9.18. The van der Waals surface area contributed by atoms with Gasteiger partial charge in [-0.05, 0) is 19.1 Å². The highest BCUT2D eigenvalue weighted by atomic mass is 16.3. The van der Waals surface area contributed by atoms with Crippen LogP contribution in [0.5, 0.6) is 0 Å². The summed E-state index contributed by atoms with van der Waals surface area (Å²) >= 11 is 0. The molecule has 1 fully saturated rings. The second kappa shape index (κ2) is 9.07. The summed E-state index contributed by atoms with van der Waals surface area (Å²) < 4.78 is 6.85. The monoisotopic (exact) mass is 387 g/mol. The van der Waals surface area contributed by atoms with Crippen LogP contribution in [0.25, 0.3) is 0 Å². The summed E-state index contributed by atoms with van der Waals surface area (Å²) in [5.74, 6) is 0.982. The molecule has 0 radical (unpaired) electrons. The van der Waals surface area contributed by atoms with Crippen LogP contribution in [0.15, 0.2) is 40.2 Å². The van der Waals surface area contributed by atoms with Gasteiger partial charge >= 0.3 is 0 Å². The van der Waals surface area contributed by atoms with Gasteiger partial charge in [-0.3, -0.25) is 14.3 Å². The quantitative estimate of drug-likeness (QED) is 0.531. The maximum atomic E-state index is 12.6. The average molecular weight is 387 g/mol. The van der Waals surface area contributed by atoms with Crippen LogP contribution in [0.1, 0.15) is 12.7 Å². The number of carbonyl (C=O) groups excluding carboxylic acids is 2. The lowest BCUT2D eigenvalue weighted by Crippen LogP contribution is -2.55. The van der Waals surface area contributed by atoms with E-state index in [0.29, 0.717) is 37.9 Å². The molecule has 3 rings (SSSR count). The molecule has 2 aromatic heterocycles. The van der Waals surface area contributed by atoms with Crippen LogP contribution in [0.3, 0.4) is 0 Å². The molecule has 1 aliphatic rings. The van der Waals surface area contributed by atoms with Crippen molar-refractivity contribution in [2.75, 3.05) is 37.6 Å². The van der Waals surface area contributed by atoms with Crippen molar-refractivity contribution in [2.45, 2.75) is 13.5 Å². The lowest BCUT2D eigenvalue weighted by molar-refractivity contribution is -0.120. The molecule has 1 saturated heterocycles. The van der Waals surface area contributed by atoms with Crippen LogP contribution in [-0.2, 0) is 23.2 Å². The number of piperazine rings is 1. The van der Waals surface area contributed by atoms with Crippen molar-refractivity contribution in [3.05, 3.63) is 36.5 Å². The molecule has 2 amide bonds. The van der Waals surface area contributed by atoms with Crippen molar-refractivity contribution in [2.24, 2.45) is 12.0 Å². The number of aryl methyl sites for hydroxylation is 1. The van der Waals surface area contributed by atoms with Crippen LogP contribution < -0.4 is 15.5 Å². The van der Waals surface area contributed by atoms with E-state index in [9.17, 15) is 9.59 Å². The maximum Gasteiger partial charge on any atom is 0.246 e. The highest BCUT2D eigenvalue weighted by molar-refractivity contribution is 5.98. The maximum absolute atomic E-state index is 12.6. The Hall–Kier alpha value is -3.30. The molecule has 0 spiro atoms. The molecule has 150 valence electrons. The fourth-order valence-electron chi connectivity index (χ4n) is 2.90. The van der Waals surface area contributed by atoms with Gasteiger partial charge in [0.25, 0.3) is 0 Å². The lowest BCUT2D eigenvalue weighted by atomic mass is 10.3. The van der Waals surface area contributed by atoms with E-state index < -0.39 is 0 Å². The second-order valence-corrected chi connectivity index (χ2v) is 6.37. The number of carbonyl (C=O) groups is 2. The van der Waals surface area contributed by atoms with Crippen molar-refractivity contribution in [3.63, 3.8) is 0 Å². The zero-order chi connectivity index (χ0) is 19.9. The fourth-order valence-corrected chi connectivity index (χ4v) is 2.90. The van der Waals surface area contributed by atoms with E-state index in [1.807, 2.05) is 25.1 Å². The zero-order valence-electron chi connectivity index (χ0n) is 16.1. The molecule has 2 aromatic rings. The lowest BCUT2D eigenvalue weighted by Gasteiger charge is -2.35. The van der Waals surface area contributed by atoms with E-state index in [-0.39, 0.29) is 24.9 Å². The van der Waals surface area contributed by atoms with Crippen molar-refractivity contribution in [3.8, 4) is 0 Å². The normalized spacial score (nSPS) is 15.1. The smallest absolute Gasteiger partial charge is 0.246 e. The van der Waals surface area contributed by atoms with Crippen molar-refractivity contribution in [1.29, 1.82) is 0 Å². The number of nitrogens with zero attached hydrogens (tertiary/aromatic N) is 5. The summed E-state index contributed by atoms with van der Waals surface area (Å²) in [7, 11) is 1.82. The number of furan rings is 1. The first-order valence-corrected chi connectivity index (χ1v) is 9.18. The average Bonchev–Trinajstić information content (AvgIpc) is 3.35. The van der Waals surface area contributed by atoms with Gasteiger partial charge in [0.15, 0.2) is 5.96 Å². The number of anilines is 1. The highest BCUT2D eigenvalue weighted by Gasteiger charge is 2.27. The summed E-state index contributed by atoms with van der Waals surface area (Å²) in [6.45, 7) is 4.21. The summed E-state index contributed by atoms with van der Waals surface area (Å²) in [4.78, 5) is 32.6. The molecule has 0 saturated carbocycles. The third-order valence-corrected chi connectivity index (χ3v) is 4.27. The number of aliphatic imine (C=N–C) groups is 1. The van der Waals surface area contributed by atoms with Gasteiger partial charge < -0.3 is 24.9 Å². The van der Waals surface area contributed by atoms with Crippen LogP contribution in [0, 0.1) is 0 Å². The molecule has 10 nitrogen and oxygen atoms in total. The van der Waals surface area contributed by atoms with Crippen LogP contribution in [0.2, 0.25) is 0 Å². The van der Waals surface area contributed by atoms with Crippen molar-refractivity contribution in [1.82, 2.24) is 25.3 Å². The Balaban J connectivity index is 1.56. The van der Waals surface area contributed by atoms with Gasteiger partial charge in [-0.15, -0.1) is 0 Å². The SMILES string of the molecule is CCNC(=NCC(=O)NCc1ccco1)N1CCN(c2cnn(C)c2)C(=O)C1. The highest BCUT2D eigenvalue weighted by Crippen LogP contribution is 2.16. The topological polar surface area (TPSA) is 108 Å². The van der Waals surface area contributed by atoms with Crippen molar-refractivity contribution >= 4 is 23.5 Å². The first kappa shape index (κ1) is 19.5. The molecule has 3 heterocycles. The second-order valence-electron chi connectivity index (χ2n) is 6.37. The molecule has 1 aliphatic heterocycles. The largest absolute Gasteiger partial charge is 0.467 e. The van der Waals surface area contributed by atoms with Gasteiger partial charge in [0.05, 0.1) is 24.7 Å². The van der Waals surface area contributed by atoms with E-state index in [0.717, 1.165) is 5.69 Å². The molecule has 2 N–H and O–H groups in total. The zero-order valence-corrected chi connectivity index (χ0v) is 16.1. The summed E-state index contributed by atoms with van der Waals surface area (Å²) in [5.41, 5.74) is 0.784. The predicted octanol–water partition coefficient (Wildman–Crippen LogP) is -0.0564. The molecule has 0 bridgehead atoms. The minimum Gasteiger partial charge on any atom is -0.467 e. The van der Waals surface area contributed by atoms with E-state index in [1.165, 1.54) is 0 Å². The molecule has 0 aliphatic carbocycles. The molecule has 10 heteroatoms. The Labute approximate surface area is 163 Å². The number of nitrogens with one attached hydrogen (secondary N) is 2. The number of guanidine groups is 1. The molecule has 28 heavy (non-hydrogen) atoms. The Morgan fingerprint density at radius 2 is 2.21 bits per heavy atom. The Morgan fingerprint density at radius 3 is 2.86 bits per heavy atom. The fraction of sp³-hybridized carbons (Fsp3) is 0.444. The Bertz CT molecular complexity index is 828. The molecule has 0 unspecified atom stereocenters. The molecule has 0 atom stereocenters. The van der Waals surface area contributed by atoms with Crippen LogP contribution in [0.4, 0.5) is 5.69 Å². The van der Waals surface area contributed by atoms with Gasteiger partial charge in [0.2, 0.25) is 11.8 Å². The first-order chi connectivity index (χ1) is 13.6. The van der Waals surface area contributed by atoms with Crippen LogP contribution >= 0.6 is 0 Å². The van der Waals surface area contributed by atoms with Gasteiger partial charge in [-0.2, -0.15) is 5.10 Å². The number of rotatable bonds is 6. The third-order valence-electron chi connectivity index (χ3n) is 4.27. The minimum absolute atomic E-state index is 0.0277. The van der Waals surface area contributed by atoms with Gasteiger partial charge in [0, 0.05) is 32.9 Å². The number of aromatic nitrogens is 2. The van der Waals surface area contributed by atoms with E-state index >= 15 is 0 Å². The number of hydrogen-bond acceptors (Lipinski definition) is 5. The molecular weight excluding hydrogens is 362 g/mol. The van der Waals surface area contributed by atoms with Crippen molar-refractivity contribution < 1.29 is 14.0 Å². The number of amides is 2. The molecule has 0 aromatic carbocycles. The van der Waals surface area contributed by atoms with E-state index in [1.54, 1.807) is 34.2 Å². The van der Waals surface area contributed by atoms with E-state index in [4.69, 9.17) is 4.42 Å². The van der Waals surface area contributed by atoms with Gasteiger partial charge in [-0.1, -0.05) is 0 Å². The summed E-state index contributed by atoms with van der Waals surface area (Å²) in [6.07, 6.45) is 5.05. The van der Waals surface area contributed by atoms with Crippen LogP contribution in [-0.4, -0.2) is 65.2 Å².